The van der Waals surface area contributed by atoms with Crippen LogP contribution in [0.5, 0.6) is 11.5 Å². The number of aromatic nitrogens is 3. The summed E-state index contributed by atoms with van der Waals surface area (Å²) < 4.78 is 0. The van der Waals surface area contributed by atoms with E-state index >= 15 is 0 Å². The number of rotatable bonds is 4. The van der Waals surface area contributed by atoms with Crippen LogP contribution in [0.1, 0.15) is 16.2 Å². The number of phenolic OH excluding ortho intramolecular Hbond substituents is 2. The van der Waals surface area contributed by atoms with Crippen LogP contribution in [-0.2, 0) is 0 Å². The number of hydrogen-bond donors (Lipinski definition) is 3. The first kappa shape index (κ1) is 12.4. The third-order valence-corrected chi connectivity index (χ3v) is 3.04. The van der Waals surface area contributed by atoms with Crippen LogP contribution in [0.15, 0.2) is 23.4 Å². The molecular formula is C11H11N3O3S. The molecule has 0 aliphatic carbocycles. The topological polar surface area (TPSA) is 99.1 Å². The minimum absolute atomic E-state index is 0.0821. The molecule has 0 spiro atoms. The lowest BCUT2D eigenvalue weighted by molar-refractivity contribution is 0.102. The molecule has 0 saturated carbocycles. The Labute approximate surface area is 107 Å². The van der Waals surface area contributed by atoms with Gasteiger partial charge in [-0.1, -0.05) is 11.8 Å². The van der Waals surface area contributed by atoms with E-state index in [-0.39, 0.29) is 28.6 Å². The van der Waals surface area contributed by atoms with Gasteiger partial charge in [0.25, 0.3) is 0 Å². The largest absolute Gasteiger partial charge is 0.508 e. The second kappa shape index (κ2) is 5.09. The van der Waals surface area contributed by atoms with Gasteiger partial charge in [0.1, 0.15) is 17.3 Å². The monoisotopic (exact) mass is 265 g/mol. The number of nitrogens with one attached hydrogen (secondary N) is 1. The molecule has 1 aromatic heterocycles. The molecule has 94 valence electrons. The first-order chi connectivity index (χ1) is 8.56. The molecule has 2 aromatic rings. The molecule has 3 N–H and O–H groups in total. The van der Waals surface area contributed by atoms with Gasteiger partial charge in [-0.25, -0.2) is 4.98 Å². The van der Waals surface area contributed by atoms with Crippen molar-refractivity contribution in [3.8, 4) is 11.5 Å². The molecule has 0 atom stereocenters. The summed E-state index contributed by atoms with van der Waals surface area (Å²) in [5, 5.41) is 25.7. The number of aromatic amines is 1. The summed E-state index contributed by atoms with van der Waals surface area (Å²) >= 11 is 1.18. The summed E-state index contributed by atoms with van der Waals surface area (Å²) in [4.78, 5) is 15.9. The molecule has 0 aliphatic heterocycles. The van der Waals surface area contributed by atoms with Crippen LogP contribution in [0.4, 0.5) is 0 Å². The number of Topliss-reactive ketones (excluding diaryl/α,β-unsaturated/α-hetero) is 1. The average Bonchev–Trinajstić information content (AvgIpc) is 2.72. The van der Waals surface area contributed by atoms with Crippen molar-refractivity contribution in [2.45, 2.75) is 12.1 Å². The number of carbonyl (C=O) groups is 1. The van der Waals surface area contributed by atoms with E-state index in [9.17, 15) is 9.90 Å². The van der Waals surface area contributed by atoms with E-state index in [4.69, 9.17) is 5.11 Å². The Morgan fingerprint density at radius 3 is 2.83 bits per heavy atom. The highest BCUT2D eigenvalue weighted by molar-refractivity contribution is 7.99. The molecule has 1 heterocycles. The van der Waals surface area contributed by atoms with Crippen molar-refractivity contribution >= 4 is 17.5 Å². The Hall–Kier alpha value is -2.02. The van der Waals surface area contributed by atoms with E-state index in [1.165, 1.54) is 23.9 Å². The average molecular weight is 265 g/mol. The molecule has 0 saturated heterocycles. The zero-order valence-electron chi connectivity index (χ0n) is 9.54. The number of aromatic hydroxyl groups is 2. The fourth-order valence-electron chi connectivity index (χ4n) is 1.35. The summed E-state index contributed by atoms with van der Waals surface area (Å²) in [5.74, 6) is 0.237. The molecule has 18 heavy (non-hydrogen) atoms. The lowest BCUT2D eigenvalue weighted by atomic mass is 10.1. The van der Waals surface area contributed by atoms with Crippen LogP contribution in [0, 0.1) is 6.92 Å². The summed E-state index contributed by atoms with van der Waals surface area (Å²) in [7, 11) is 0. The van der Waals surface area contributed by atoms with E-state index in [1.54, 1.807) is 6.92 Å². The lowest BCUT2D eigenvalue weighted by Gasteiger charge is -2.02. The highest BCUT2D eigenvalue weighted by atomic mass is 32.2. The number of hydrogen-bond acceptors (Lipinski definition) is 6. The number of nitrogens with zero attached hydrogens (tertiary/aromatic N) is 2. The van der Waals surface area contributed by atoms with Gasteiger partial charge in [-0.15, -0.1) is 5.10 Å². The predicted octanol–water partition coefficient (Wildman–Crippen LogP) is 1.50. The number of carbonyl (C=O) groups excluding carboxylic acids is 1. The van der Waals surface area contributed by atoms with Crippen LogP contribution in [0.3, 0.4) is 0 Å². The fraction of sp³-hybridized carbons (Fsp3) is 0.182. The number of benzene rings is 1. The minimum Gasteiger partial charge on any atom is -0.508 e. The Morgan fingerprint density at radius 1 is 1.44 bits per heavy atom. The van der Waals surface area contributed by atoms with E-state index < -0.39 is 0 Å². The Kier molecular flexibility index (Phi) is 3.52. The van der Waals surface area contributed by atoms with Crippen molar-refractivity contribution in [1.82, 2.24) is 15.2 Å². The summed E-state index contributed by atoms with van der Waals surface area (Å²) in [6.07, 6.45) is 0. The molecule has 0 unspecified atom stereocenters. The van der Waals surface area contributed by atoms with Gasteiger partial charge in [-0.05, 0) is 19.1 Å². The standard InChI is InChI=1S/C11H11N3O3S/c1-6-12-11(14-13-6)18-5-10(17)8-3-2-7(15)4-9(8)16/h2-4,15-16H,5H2,1H3,(H,12,13,14). The zero-order valence-corrected chi connectivity index (χ0v) is 10.4. The maximum atomic E-state index is 11.8. The Bertz CT molecular complexity index is 583. The maximum absolute atomic E-state index is 11.8. The van der Waals surface area contributed by atoms with Gasteiger partial charge in [0.05, 0.1) is 11.3 Å². The third-order valence-electron chi connectivity index (χ3n) is 2.19. The quantitative estimate of drug-likeness (QED) is 0.572. The molecule has 0 amide bonds. The molecule has 6 nitrogen and oxygen atoms in total. The van der Waals surface area contributed by atoms with Crippen LogP contribution < -0.4 is 0 Å². The SMILES string of the molecule is Cc1nc(SCC(=O)c2ccc(O)cc2O)n[nH]1. The number of H-pyrrole nitrogens is 1. The predicted molar refractivity (Wildman–Crippen MR) is 65.9 cm³/mol. The molecule has 0 aliphatic rings. The summed E-state index contributed by atoms with van der Waals surface area (Å²) in [6.45, 7) is 1.77. The minimum atomic E-state index is -0.250. The number of thioether (sulfide) groups is 1. The second-order valence-corrected chi connectivity index (χ2v) is 4.56. The van der Waals surface area contributed by atoms with Crippen molar-refractivity contribution in [3.63, 3.8) is 0 Å². The number of aryl methyl sites for hydroxylation is 1. The van der Waals surface area contributed by atoms with Gasteiger partial charge < -0.3 is 10.2 Å². The first-order valence-electron chi connectivity index (χ1n) is 5.13. The van der Waals surface area contributed by atoms with Crippen LogP contribution >= 0.6 is 11.8 Å². The van der Waals surface area contributed by atoms with Gasteiger partial charge in [-0.3, -0.25) is 9.89 Å². The first-order valence-corrected chi connectivity index (χ1v) is 6.12. The molecular weight excluding hydrogens is 254 g/mol. The van der Waals surface area contributed by atoms with Gasteiger partial charge in [0, 0.05) is 6.07 Å². The van der Waals surface area contributed by atoms with Crippen molar-refractivity contribution in [2.75, 3.05) is 5.75 Å². The van der Waals surface area contributed by atoms with E-state index in [2.05, 4.69) is 15.2 Å². The van der Waals surface area contributed by atoms with E-state index in [0.29, 0.717) is 11.0 Å². The molecule has 1 aromatic carbocycles. The molecule has 0 bridgehead atoms. The normalized spacial score (nSPS) is 10.5. The van der Waals surface area contributed by atoms with E-state index in [1.807, 2.05) is 0 Å². The summed E-state index contributed by atoms with van der Waals surface area (Å²) in [5.41, 5.74) is 0.174. The molecule has 7 heteroatoms. The van der Waals surface area contributed by atoms with Crippen molar-refractivity contribution in [2.24, 2.45) is 0 Å². The number of ketones is 1. The smallest absolute Gasteiger partial charge is 0.208 e. The Morgan fingerprint density at radius 2 is 2.22 bits per heavy atom. The van der Waals surface area contributed by atoms with E-state index in [0.717, 1.165) is 6.07 Å². The van der Waals surface area contributed by atoms with Crippen molar-refractivity contribution in [1.29, 1.82) is 0 Å². The Balaban J connectivity index is 2.03. The van der Waals surface area contributed by atoms with Gasteiger partial charge >= 0.3 is 0 Å². The van der Waals surface area contributed by atoms with Gasteiger partial charge in [-0.2, -0.15) is 0 Å². The maximum Gasteiger partial charge on any atom is 0.208 e. The molecule has 0 fully saturated rings. The van der Waals surface area contributed by atoms with Crippen LogP contribution in [0.25, 0.3) is 0 Å². The second-order valence-electron chi connectivity index (χ2n) is 3.62. The van der Waals surface area contributed by atoms with Crippen molar-refractivity contribution < 1.29 is 15.0 Å². The molecule has 2 rings (SSSR count). The zero-order chi connectivity index (χ0) is 13.1. The van der Waals surface area contributed by atoms with Gasteiger partial charge in [0.2, 0.25) is 5.16 Å². The lowest BCUT2D eigenvalue weighted by Crippen LogP contribution is -2.02. The van der Waals surface area contributed by atoms with Crippen LogP contribution in [-0.4, -0.2) is 36.9 Å². The highest BCUT2D eigenvalue weighted by Crippen LogP contribution is 2.24. The van der Waals surface area contributed by atoms with Gasteiger partial charge in [0.15, 0.2) is 5.78 Å². The molecule has 0 radical (unpaired) electrons. The highest BCUT2D eigenvalue weighted by Gasteiger charge is 2.13. The third kappa shape index (κ3) is 2.80. The fourth-order valence-corrected chi connectivity index (χ4v) is 2.08. The van der Waals surface area contributed by atoms with Crippen LogP contribution in [0.2, 0.25) is 0 Å². The number of phenols is 2. The van der Waals surface area contributed by atoms with Crippen molar-refractivity contribution in [3.05, 3.63) is 29.6 Å². The summed E-state index contributed by atoms with van der Waals surface area (Å²) in [6, 6.07) is 3.88.